The van der Waals surface area contributed by atoms with E-state index in [2.05, 4.69) is 29.6 Å². The molecule has 1 aromatic carbocycles. The molecule has 3 N–H and O–H groups in total. The number of rotatable bonds is 4. The first-order valence-electron chi connectivity index (χ1n) is 10.7. The molecule has 5 saturated carbocycles. The Morgan fingerprint density at radius 1 is 1.07 bits per heavy atom. The summed E-state index contributed by atoms with van der Waals surface area (Å²) in [6.45, 7) is -0.360. The molecule has 5 aliphatic rings. The molecule has 1 amide bonds. The number of nitrogens with one attached hydrogen (secondary N) is 1. The van der Waals surface area contributed by atoms with Crippen LogP contribution in [-0.2, 0) is 10.2 Å². The summed E-state index contributed by atoms with van der Waals surface area (Å²) in [4.78, 5) is 13.6. The molecule has 0 saturated heterocycles. The van der Waals surface area contributed by atoms with Gasteiger partial charge in [0.2, 0.25) is 5.91 Å². The van der Waals surface area contributed by atoms with E-state index in [9.17, 15) is 9.18 Å². The number of hydrogen-bond acceptors (Lipinski definition) is 2. The molecular formula is C23H31FN2O. The molecule has 0 heterocycles. The zero-order valence-electron chi connectivity index (χ0n) is 16.1. The summed E-state index contributed by atoms with van der Waals surface area (Å²) in [7, 11) is 0. The number of carbonyl (C=O) groups excluding carboxylic acids is 1. The summed E-state index contributed by atoms with van der Waals surface area (Å²) < 4.78 is 14.6. The lowest BCUT2D eigenvalue weighted by atomic mass is 9.63. The minimum Gasteiger partial charge on any atom is -0.353 e. The predicted molar refractivity (Wildman–Crippen MR) is 104 cm³/mol. The van der Waals surface area contributed by atoms with Crippen molar-refractivity contribution in [3.63, 3.8) is 0 Å². The molecule has 0 aliphatic heterocycles. The Morgan fingerprint density at radius 3 is 2.52 bits per heavy atom. The third kappa shape index (κ3) is 2.45. The minimum atomic E-state index is -0.514. The highest BCUT2D eigenvalue weighted by molar-refractivity contribution is 5.86. The molecule has 5 fully saturated rings. The summed E-state index contributed by atoms with van der Waals surface area (Å²) in [5, 5.41) is 3.35. The molecule has 2 unspecified atom stereocenters. The van der Waals surface area contributed by atoms with Gasteiger partial charge in [-0.05, 0) is 74.7 Å². The van der Waals surface area contributed by atoms with Crippen molar-refractivity contribution in [3.8, 4) is 0 Å². The van der Waals surface area contributed by atoms with Gasteiger partial charge >= 0.3 is 0 Å². The normalized spacial score (nSPS) is 45.2. The number of benzene rings is 1. The maximum Gasteiger partial charge on any atom is 0.227 e. The molecule has 3 nitrogen and oxygen atoms in total. The van der Waals surface area contributed by atoms with Crippen LogP contribution in [0.4, 0.5) is 4.39 Å². The van der Waals surface area contributed by atoms with Crippen LogP contribution in [0.5, 0.6) is 0 Å². The van der Waals surface area contributed by atoms with Gasteiger partial charge in [-0.1, -0.05) is 30.3 Å². The minimum absolute atomic E-state index is 0.0131. The second-order valence-electron chi connectivity index (χ2n) is 10.1. The predicted octanol–water partition coefficient (Wildman–Crippen LogP) is 3.86. The van der Waals surface area contributed by atoms with Gasteiger partial charge in [0.05, 0.1) is 12.1 Å². The van der Waals surface area contributed by atoms with E-state index in [0.717, 1.165) is 57.8 Å². The Balaban J connectivity index is 1.45. The van der Waals surface area contributed by atoms with Crippen LogP contribution in [0.2, 0.25) is 0 Å². The second kappa shape index (κ2) is 6.04. The maximum atomic E-state index is 14.6. The number of amides is 1. The van der Waals surface area contributed by atoms with Crippen LogP contribution in [0.25, 0.3) is 0 Å². The monoisotopic (exact) mass is 370 g/mol. The van der Waals surface area contributed by atoms with E-state index >= 15 is 0 Å². The molecule has 0 aromatic heterocycles. The van der Waals surface area contributed by atoms with Crippen molar-refractivity contribution in [2.45, 2.75) is 75.3 Å². The van der Waals surface area contributed by atoms with Gasteiger partial charge in [-0.25, -0.2) is 0 Å². The van der Waals surface area contributed by atoms with Crippen LogP contribution in [-0.4, -0.2) is 24.7 Å². The molecule has 4 heteroatoms. The van der Waals surface area contributed by atoms with Crippen molar-refractivity contribution in [2.24, 2.45) is 22.5 Å². The van der Waals surface area contributed by atoms with Crippen LogP contribution in [0, 0.1) is 16.7 Å². The molecule has 4 atom stereocenters. The zero-order valence-corrected chi connectivity index (χ0v) is 16.1. The molecule has 146 valence electrons. The van der Waals surface area contributed by atoms with E-state index < -0.39 is 10.8 Å². The Kier molecular flexibility index (Phi) is 3.95. The summed E-state index contributed by atoms with van der Waals surface area (Å²) in [5.41, 5.74) is 6.35. The molecule has 1 aromatic rings. The van der Waals surface area contributed by atoms with E-state index in [0.29, 0.717) is 5.92 Å². The fourth-order valence-corrected chi connectivity index (χ4v) is 7.50. The first-order chi connectivity index (χ1) is 13.0. The van der Waals surface area contributed by atoms with Crippen molar-refractivity contribution in [3.05, 3.63) is 35.9 Å². The van der Waals surface area contributed by atoms with E-state index in [1.165, 1.54) is 5.56 Å². The maximum absolute atomic E-state index is 14.6. The van der Waals surface area contributed by atoms with Crippen LogP contribution >= 0.6 is 0 Å². The van der Waals surface area contributed by atoms with Crippen LogP contribution in [0.3, 0.4) is 0 Å². The van der Waals surface area contributed by atoms with Gasteiger partial charge in [-0.2, -0.15) is 0 Å². The number of hydrogen-bond donors (Lipinski definition) is 2. The van der Waals surface area contributed by atoms with Crippen molar-refractivity contribution in [2.75, 3.05) is 6.67 Å². The highest BCUT2D eigenvalue weighted by atomic mass is 19.1. The largest absolute Gasteiger partial charge is 0.353 e. The first-order valence-corrected chi connectivity index (χ1v) is 10.7. The van der Waals surface area contributed by atoms with Crippen molar-refractivity contribution >= 4 is 5.91 Å². The summed E-state index contributed by atoms with van der Waals surface area (Å²) in [6.07, 6.45) is 8.41. The lowest BCUT2D eigenvalue weighted by molar-refractivity contribution is -0.138. The van der Waals surface area contributed by atoms with Gasteiger partial charge < -0.3 is 11.1 Å². The van der Waals surface area contributed by atoms with Crippen LogP contribution in [0.15, 0.2) is 30.3 Å². The lowest BCUT2D eigenvalue weighted by Crippen LogP contribution is -2.52. The molecule has 0 spiro atoms. The Morgan fingerprint density at radius 2 is 1.81 bits per heavy atom. The van der Waals surface area contributed by atoms with Gasteiger partial charge in [0, 0.05) is 17.5 Å². The van der Waals surface area contributed by atoms with Gasteiger partial charge in [-0.3, -0.25) is 9.18 Å². The fourth-order valence-electron chi connectivity index (χ4n) is 7.50. The summed E-state index contributed by atoms with van der Waals surface area (Å²) in [6, 6.07) is 11.1. The smallest absolute Gasteiger partial charge is 0.227 e. The van der Waals surface area contributed by atoms with Crippen LogP contribution < -0.4 is 11.1 Å². The van der Waals surface area contributed by atoms with Gasteiger partial charge in [0.15, 0.2) is 0 Å². The van der Waals surface area contributed by atoms with Gasteiger partial charge in [0.1, 0.15) is 0 Å². The van der Waals surface area contributed by atoms with E-state index in [-0.39, 0.29) is 30.1 Å². The molecule has 6 rings (SSSR count). The number of halogens is 1. The van der Waals surface area contributed by atoms with Gasteiger partial charge in [0.25, 0.3) is 0 Å². The highest BCUT2D eigenvalue weighted by Crippen LogP contribution is 2.76. The molecule has 4 bridgehead atoms. The molecular weight excluding hydrogens is 339 g/mol. The average molecular weight is 371 g/mol. The Hall–Kier alpha value is -1.42. The number of alkyl halides is 1. The lowest BCUT2D eigenvalue weighted by Gasteiger charge is -2.41. The number of nitrogens with two attached hydrogens (primary N) is 1. The second-order valence-corrected chi connectivity index (χ2v) is 10.1. The highest BCUT2D eigenvalue weighted by Gasteiger charge is 2.74. The topological polar surface area (TPSA) is 55.1 Å². The summed E-state index contributed by atoms with van der Waals surface area (Å²) >= 11 is 0. The Labute approximate surface area is 161 Å². The first kappa shape index (κ1) is 17.7. The van der Waals surface area contributed by atoms with E-state index in [1.54, 1.807) is 0 Å². The SMILES string of the molecule is NC1CCC(NC(=O)C23CC4C[C@](c5ccccc5)(C2)C[C@@]3(CF)C4)CC1. The quantitative estimate of drug-likeness (QED) is 0.846. The standard InChI is InChI=1S/C23H31FN2O/c24-15-22-11-16-10-21(13-22,17-4-2-1-3-5-17)14-23(22,12-16)20(27)26-19-8-6-18(25)7-9-19/h1-5,16,18-19H,6-15,25H2,(H,26,27)/t16?,18?,19?,21-,22-,23?/m1/s1. The van der Waals surface area contributed by atoms with Crippen molar-refractivity contribution in [1.82, 2.24) is 5.32 Å². The van der Waals surface area contributed by atoms with E-state index in [4.69, 9.17) is 5.73 Å². The van der Waals surface area contributed by atoms with E-state index in [1.807, 2.05) is 6.07 Å². The van der Waals surface area contributed by atoms with Gasteiger partial charge in [-0.15, -0.1) is 0 Å². The average Bonchev–Trinajstić information content (AvgIpc) is 3.04. The Bertz CT molecular complexity index is 731. The third-order valence-corrected chi connectivity index (χ3v) is 8.51. The fraction of sp³-hybridized carbons (Fsp3) is 0.696. The van der Waals surface area contributed by atoms with Crippen molar-refractivity contribution < 1.29 is 9.18 Å². The molecule has 5 aliphatic carbocycles. The third-order valence-electron chi connectivity index (χ3n) is 8.51. The van der Waals surface area contributed by atoms with Crippen molar-refractivity contribution in [1.29, 1.82) is 0 Å². The molecule has 27 heavy (non-hydrogen) atoms. The van der Waals surface area contributed by atoms with Crippen LogP contribution in [0.1, 0.15) is 63.4 Å². The molecule has 0 radical (unpaired) electrons. The summed E-state index contributed by atoms with van der Waals surface area (Å²) in [5.74, 6) is 0.620. The zero-order chi connectivity index (χ0) is 18.7. The number of carbonyl (C=O) groups is 1.